The third kappa shape index (κ3) is 3.67. The molecule has 3 atom stereocenters. The Labute approximate surface area is 149 Å². The second-order valence-electron chi connectivity index (χ2n) is 9.30. The molecule has 0 aromatic heterocycles. The van der Waals surface area contributed by atoms with Crippen LogP contribution in [0.1, 0.15) is 105 Å². The fourth-order valence-corrected chi connectivity index (χ4v) is 7.13. The van der Waals surface area contributed by atoms with Gasteiger partial charge in [0.2, 0.25) is 0 Å². The summed E-state index contributed by atoms with van der Waals surface area (Å²) < 4.78 is 0.240. The maximum atomic E-state index is 6.44. The van der Waals surface area contributed by atoms with Gasteiger partial charge in [0.1, 0.15) is 0 Å². The summed E-state index contributed by atoms with van der Waals surface area (Å²) in [6.07, 6.45) is 15.3. The lowest BCUT2D eigenvalue weighted by Gasteiger charge is -2.57. The van der Waals surface area contributed by atoms with Crippen molar-refractivity contribution in [3.63, 3.8) is 0 Å². The Morgan fingerprint density at radius 1 is 1.22 bits per heavy atom. The van der Waals surface area contributed by atoms with E-state index >= 15 is 0 Å². The van der Waals surface area contributed by atoms with Crippen LogP contribution < -0.4 is 0 Å². The van der Waals surface area contributed by atoms with E-state index in [0.717, 1.165) is 11.8 Å². The zero-order valence-corrected chi connectivity index (χ0v) is 17.2. The Morgan fingerprint density at radius 2 is 1.83 bits per heavy atom. The minimum Gasteiger partial charge on any atom is -0.131 e. The quantitative estimate of drug-likeness (QED) is 0.405. The molecule has 3 unspecified atom stereocenters. The average molecular weight is 337 g/mol. The van der Waals surface area contributed by atoms with E-state index in [4.69, 9.17) is 5.69 Å². The molecule has 0 heterocycles. The van der Waals surface area contributed by atoms with Crippen LogP contribution in [0.25, 0.3) is 0 Å². The molecule has 2 aliphatic rings. The first-order valence-corrected chi connectivity index (χ1v) is 11.1. The first kappa shape index (κ1) is 19.3. The highest BCUT2D eigenvalue weighted by molar-refractivity contribution is 7.89. The predicted molar refractivity (Wildman–Crippen MR) is 106 cm³/mol. The Morgan fingerprint density at radius 3 is 2.26 bits per heavy atom. The molecule has 0 N–H and O–H groups in total. The Bertz CT molecular complexity index is 424. The summed E-state index contributed by atoms with van der Waals surface area (Å²) >= 11 is 1.72. The van der Waals surface area contributed by atoms with E-state index in [9.17, 15) is 0 Å². The molecule has 0 saturated heterocycles. The van der Waals surface area contributed by atoms with Crippen LogP contribution in [0.15, 0.2) is 0 Å². The lowest BCUT2D eigenvalue weighted by molar-refractivity contribution is -0.0151. The third-order valence-electron chi connectivity index (χ3n) is 7.59. The second-order valence-corrected chi connectivity index (χ2v) is 10.4. The Kier molecular flexibility index (Phi) is 6.29. The van der Waals surface area contributed by atoms with Gasteiger partial charge < -0.3 is 0 Å². The number of hydrogen-bond donors (Lipinski definition) is 0. The van der Waals surface area contributed by atoms with Crippen molar-refractivity contribution < 1.29 is 0 Å². The molecule has 0 spiro atoms. The summed E-state index contributed by atoms with van der Waals surface area (Å²) in [5, 5.41) is 0. The van der Waals surface area contributed by atoms with Gasteiger partial charge in [0.05, 0.1) is 0 Å². The molecule has 0 amide bonds. The molecule has 0 aromatic rings. The van der Waals surface area contributed by atoms with Gasteiger partial charge >= 0.3 is 0 Å². The van der Waals surface area contributed by atoms with Gasteiger partial charge in [-0.3, -0.25) is 0 Å². The molecule has 23 heavy (non-hydrogen) atoms. The highest BCUT2D eigenvalue weighted by Gasteiger charge is 2.58. The molecule has 0 aliphatic heterocycles. The Hall–Kier alpha value is 0. The van der Waals surface area contributed by atoms with E-state index < -0.39 is 0 Å². The minimum absolute atomic E-state index is 0.240. The maximum absolute atomic E-state index is 6.44. The van der Waals surface area contributed by atoms with Crippen LogP contribution >= 0.6 is 11.2 Å². The zero-order valence-electron chi connectivity index (χ0n) is 16.4. The van der Waals surface area contributed by atoms with Crippen LogP contribution in [-0.2, 0) is 0 Å². The molecule has 0 nitrogen and oxygen atoms in total. The zero-order chi connectivity index (χ0) is 17.1. The Balaban J connectivity index is 2.40. The summed E-state index contributed by atoms with van der Waals surface area (Å²) in [6, 6.07) is 0. The summed E-state index contributed by atoms with van der Waals surface area (Å²) in [4.78, 5) is 0. The number of rotatable bonds is 9. The van der Waals surface area contributed by atoms with Crippen LogP contribution in [0.2, 0.25) is 0 Å². The van der Waals surface area contributed by atoms with Gasteiger partial charge in [-0.2, -0.15) is 0 Å². The molecule has 2 rings (SSSR count). The van der Waals surface area contributed by atoms with Crippen molar-refractivity contribution >= 4 is 11.2 Å². The van der Waals surface area contributed by atoms with Crippen molar-refractivity contribution in [1.29, 1.82) is 0 Å². The fourth-order valence-electron chi connectivity index (χ4n) is 6.10. The third-order valence-corrected chi connectivity index (χ3v) is 8.67. The van der Waals surface area contributed by atoms with Gasteiger partial charge in [0.15, 0.2) is 0 Å². The molecule has 0 aromatic carbocycles. The smallest absolute Gasteiger partial charge is 0.0435 e. The van der Waals surface area contributed by atoms with E-state index in [1.807, 2.05) is 0 Å². The standard InChI is InChI=1S/C22H40S/c1-7-11-18(3)16-22(8-2,20(4)14-9-10-15-20)21(5,23-6)17-19-12-13-19/h6,18-19H,7-17H2,1-5H3. The van der Waals surface area contributed by atoms with Crippen LogP contribution in [0.3, 0.4) is 0 Å². The molecular formula is C22H40S. The molecule has 1 heteroatoms. The van der Waals surface area contributed by atoms with Crippen LogP contribution in [-0.4, -0.2) is 4.75 Å². The lowest BCUT2D eigenvalue weighted by Crippen LogP contribution is -2.53. The normalized spacial score (nSPS) is 27.1. The van der Waals surface area contributed by atoms with Crippen molar-refractivity contribution in [3.8, 4) is 5.69 Å². The first-order valence-electron chi connectivity index (χ1n) is 10.2. The van der Waals surface area contributed by atoms with Gasteiger partial charge in [-0.15, -0.1) is 16.9 Å². The van der Waals surface area contributed by atoms with Crippen LogP contribution in [0, 0.1) is 28.4 Å². The van der Waals surface area contributed by atoms with Crippen molar-refractivity contribution in [2.24, 2.45) is 22.7 Å². The SMILES string of the molecule is C#SC(C)(CC1CC1)C(CC)(CC(C)CCC)C1(C)CCCC1. The van der Waals surface area contributed by atoms with Gasteiger partial charge in [-0.25, -0.2) is 0 Å². The molecule has 0 bridgehead atoms. The highest BCUT2D eigenvalue weighted by atomic mass is 32.1. The predicted octanol–water partition coefficient (Wildman–Crippen LogP) is 7.67. The summed E-state index contributed by atoms with van der Waals surface area (Å²) in [7, 11) is 0. The highest BCUT2D eigenvalue weighted by Crippen LogP contribution is 2.65. The molecule has 2 fully saturated rings. The van der Waals surface area contributed by atoms with Gasteiger partial charge in [-0.1, -0.05) is 66.2 Å². The van der Waals surface area contributed by atoms with Crippen LogP contribution in [0.5, 0.6) is 0 Å². The first-order chi connectivity index (χ1) is 10.9. The number of hydrogen-bond acceptors (Lipinski definition) is 0. The van der Waals surface area contributed by atoms with Crippen molar-refractivity contribution in [2.45, 2.75) is 110 Å². The fraction of sp³-hybridized carbons (Fsp3) is 0.955. The molecule has 2 aliphatic carbocycles. The van der Waals surface area contributed by atoms with E-state index in [1.165, 1.54) is 70.6 Å². The largest absolute Gasteiger partial charge is 0.131 e. The average Bonchev–Trinajstić information content (AvgIpc) is 3.22. The molecule has 0 radical (unpaired) electrons. The van der Waals surface area contributed by atoms with Gasteiger partial charge in [0, 0.05) is 4.75 Å². The van der Waals surface area contributed by atoms with Crippen molar-refractivity contribution in [2.75, 3.05) is 0 Å². The van der Waals surface area contributed by atoms with E-state index in [1.54, 1.807) is 11.2 Å². The molecule has 134 valence electrons. The van der Waals surface area contributed by atoms with Crippen LogP contribution in [0.4, 0.5) is 0 Å². The van der Waals surface area contributed by atoms with E-state index in [-0.39, 0.29) is 4.75 Å². The summed E-state index contributed by atoms with van der Waals surface area (Å²) in [5.41, 5.74) is 7.32. The van der Waals surface area contributed by atoms with Gasteiger partial charge in [-0.05, 0) is 61.7 Å². The molecule has 2 saturated carbocycles. The molecular weight excluding hydrogens is 296 g/mol. The van der Waals surface area contributed by atoms with E-state index in [2.05, 4.69) is 34.6 Å². The maximum Gasteiger partial charge on any atom is 0.0435 e. The minimum atomic E-state index is 0.240. The van der Waals surface area contributed by atoms with Gasteiger partial charge in [0.25, 0.3) is 0 Å². The van der Waals surface area contributed by atoms with Crippen molar-refractivity contribution in [1.82, 2.24) is 0 Å². The van der Waals surface area contributed by atoms with Crippen molar-refractivity contribution in [3.05, 3.63) is 0 Å². The topological polar surface area (TPSA) is 0 Å². The van der Waals surface area contributed by atoms with E-state index in [0.29, 0.717) is 10.8 Å². The lowest BCUT2D eigenvalue weighted by atomic mass is 9.52. The summed E-state index contributed by atoms with van der Waals surface area (Å²) in [5.74, 6) is 1.77. The monoisotopic (exact) mass is 336 g/mol. The second kappa shape index (κ2) is 7.49. The summed E-state index contributed by atoms with van der Waals surface area (Å²) in [6.45, 7) is 12.4.